The molecule has 2 heterocycles. The van der Waals surface area contributed by atoms with E-state index >= 15 is 0 Å². The minimum atomic E-state index is -0.960. The number of hydrogen-bond acceptors (Lipinski definition) is 6. The van der Waals surface area contributed by atoms with Crippen molar-refractivity contribution in [2.24, 2.45) is 5.92 Å². The van der Waals surface area contributed by atoms with Gasteiger partial charge in [-0.05, 0) is 47.1 Å². The summed E-state index contributed by atoms with van der Waals surface area (Å²) < 4.78 is 11.4. The van der Waals surface area contributed by atoms with Gasteiger partial charge in [-0.1, -0.05) is 18.2 Å². The molecule has 1 aromatic carbocycles. The molecular formula is C19H16BrNO4S. The van der Waals surface area contributed by atoms with Crippen molar-refractivity contribution in [2.75, 3.05) is 7.11 Å². The van der Waals surface area contributed by atoms with Crippen molar-refractivity contribution in [1.82, 2.24) is 4.98 Å². The molecule has 0 aliphatic rings. The average molecular weight is 434 g/mol. The summed E-state index contributed by atoms with van der Waals surface area (Å²) in [6, 6.07) is 12.9. The van der Waals surface area contributed by atoms with Crippen molar-refractivity contribution in [3.05, 3.63) is 62.6 Å². The number of methoxy groups -OCH3 is 1. The molecule has 3 aromatic rings. The number of halogens is 1. The second-order valence-electron chi connectivity index (χ2n) is 5.64. The van der Waals surface area contributed by atoms with Gasteiger partial charge >= 0.3 is 5.97 Å². The summed E-state index contributed by atoms with van der Waals surface area (Å²) >= 11 is 4.62. The molecule has 0 bridgehead atoms. The van der Waals surface area contributed by atoms with Crippen LogP contribution in [0.2, 0.25) is 0 Å². The number of ketones is 1. The maximum absolute atomic E-state index is 12.8. The quantitative estimate of drug-likeness (QED) is 0.320. The molecule has 134 valence electrons. The van der Waals surface area contributed by atoms with Crippen molar-refractivity contribution in [2.45, 2.75) is 13.3 Å². The molecule has 0 amide bonds. The summed E-state index contributed by atoms with van der Waals surface area (Å²) in [4.78, 5) is 30.0. The van der Waals surface area contributed by atoms with Gasteiger partial charge in [-0.3, -0.25) is 9.59 Å². The van der Waals surface area contributed by atoms with Crippen LogP contribution in [-0.2, 0) is 16.0 Å². The van der Waals surface area contributed by atoms with Gasteiger partial charge in [-0.2, -0.15) is 0 Å². The minimum absolute atomic E-state index is 0.128. The van der Waals surface area contributed by atoms with Gasteiger partial charge in [0.25, 0.3) is 0 Å². The molecule has 0 aliphatic carbocycles. The number of nitrogens with zero attached hydrogens (tertiary/aromatic N) is 1. The molecule has 1 unspecified atom stereocenters. The number of aromatic nitrogens is 1. The Morgan fingerprint density at radius 2 is 1.96 bits per heavy atom. The molecule has 0 radical (unpaired) electrons. The van der Waals surface area contributed by atoms with Gasteiger partial charge in [-0.15, -0.1) is 11.3 Å². The molecule has 0 N–H and O–H groups in total. The molecule has 0 fully saturated rings. The first kappa shape index (κ1) is 18.5. The third-order valence-electron chi connectivity index (χ3n) is 3.93. The highest BCUT2D eigenvalue weighted by Crippen LogP contribution is 2.28. The van der Waals surface area contributed by atoms with E-state index in [9.17, 15) is 9.59 Å². The fraction of sp³-hybridized carbons (Fsp3) is 0.211. The van der Waals surface area contributed by atoms with Gasteiger partial charge in [0.2, 0.25) is 5.89 Å². The van der Waals surface area contributed by atoms with E-state index < -0.39 is 11.9 Å². The van der Waals surface area contributed by atoms with Gasteiger partial charge in [0.15, 0.2) is 5.78 Å². The number of Topliss-reactive ketones (excluding diaryl/α,β-unsaturated/α-hetero) is 1. The van der Waals surface area contributed by atoms with Crippen LogP contribution in [-0.4, -0.2) is 23.8 Å². The first-order chi connectivity index (χ1) is 12.5. The van der Waals surface area contributed by atoms with Gasteiger partial charge in [0, 0.05) is 12.0 Å². The number of oxazole rings is 1. The summed E-state index contributed by atoms with van der Waals surface area (Å²) in [6.45, 7) is 1.77. The second-order valence-corrected chi connectivity index (χ2v) is 8.10. The Morgan fingerprint density at radius 3 is 2.58 bits per heavy atom. The molecule has 7 heteroatoms. The van der Waals surface area contributed by atoms with E-state index in [-0.39, 0.29) is 12.2 Å². The highest BCUT2D eigenvalue weighted by molar-refractivity contribution is 9.11. The van der Waals surface area contributed by atoms with Gasteiger partial charge in [0.05, 0.1) is 21.5 Å². The molecule has 0 saturated heterocycles. The zero-order valence-corrected chi connectivity index (χ0v) is 16.6. The van der Waals surface area contributed by atoms with Crippen LogP contribution in [0.15, 0.2) is 50.7 Å². The number of rotatable bonds is 6. The zero-order valence-electron chi connectivity index (χ0n) is 14.2. The van der Waals surface area contributed by atoms with E-state index in [0.29, 0.717) is 22.2 Å². The smallest absolute Gasteiger partial charge is 0.317 e. The van der Waals surface area contributed by atoms with E-state index in [1.165, 1.54) is 18.4 Å². The molecule has 5 nitrogen and oxygen atoms in total. The predicted octanol–water partition coefficient (Wildman–Crippen LogP) is 4.69. The van der Waals surface area contributed by atoms with Crippen LogP contribution in [0.3, 0.4) is 0 Å². The number of hydrogen-bond donors (Lipinski definition) is 0. The minimum Gasteiger partial charge on any atom is -0.468 e. The molecule has 0 spiro atoms. The second kappa shape index (κ2) is 7.97. The average Bonchev–Trinajstić information content (AvgIpc) is 3.25. The Bertz CT molecular complexity index is 932. The van der Waals surface area contributed by atoms with Crippen LogP contribution in [0.4, 0.5) is 0 Å². The Labute approximate surface area is 163 Å². The van der Waals surface area contributed by atoms with E-state index in [4.69, 9.17) is 9.15 Å². The summed E-state index contributed by atoms with van der Waals surface area (Å²) in [6.07, 6.45) is 0.128. The lowest BCUT2D eigenvalue weighted by molar-refractivity contribution is -0.143. The van der Waals surface area contributed by atoms with Crippen LogP contribution >= 0.6 is 27.3 Å². The van der Waals surface area contributed by atoms with Crippen molar-refractivity contribution < 1.29 is 18.7 Å². The van der Waals surface area contributed by atoms with Crippen LogP contribution in [0, 0.1) is 12.8 Å². The highest BCUT2D eigenvalue weighted by Gasteiger charge is 2.31. The van der Waals surface area contributed by atoms with E-state index in [1.807, 2.05) is 30.3 Å². The number of thiophene rings is 1. The monoisotopic (exact) mass is 433 g/mol. The third kappa shape index (κ3) is 3.94. The normalized spacial score (nSPS) is 12.0. The lowest BCUT2D eigenvalue weighted by Gasteiger charge is -2.11. The highest BCUT2D eigenvalue weighted by atomic mass is 79.9. The summed E-state index contributed by atoms with van der Waals surface area (Å²) in [5.41, 5.74) is 1.41. The van der Waals surface area contributed by atoms with E-state index in [1.54, 1.807) is 19.1 Å². The Balaban J connectivity index is 1.89. The van der Waals surface area contributed by atoms with Crippen molar-refractivity contribution in [3.63, 3.8) is 0 Å². The van der Waals surface area contributed by atoms with Gasteiger partial charge in [-0.25, -0.2) is 4.98 Å². The summed E-state index contributed by atoms with van der Waals surface area (Å²) in [5.74, 6) is -0.775. The maximum Gasteiger partial charge on any atom is 0.317 e. The molecule has 1 atom stereocenters. The third-order valence-corrected chi connectivity index (χ3v) is 5.57. The SMILES string of the molecule is COC(=O)C(Cc1nc(-c2ccccc2)oc1C)C(=O)c1ccc(Br)s1. The van der Waals surface area contributed by atoms with Crippen LogP contribution in [0.5, 0.6) is 0 Å². The number of carbonyl (C=O) groups is 2. The molecular weight excluding hydrogens is 418 g/mol. The summed E-state index contributed by atoms with van der Waals surface area (Å²) in [5, 5.41) is 0. The van der Waals surface area contributed by atoms with E-state index in [0.717, 1.165) is 9.35 Å². The van der Waals surface area contributed by atoms with Gasteiger partial charge < -0.3 is 9.15 Å². The van der Waals surface area contributed by atoms with Crippen LogP contribution < -0.4 is 0 Å². The maximum atomic E-state index is 12.8. The molecule has 2 aromatic heterocycles. The molecule has 26 heavy (non-hydrogen) atoms. The topological polar surface area (TPSA) is 69.4 Å². The lowest BCUT2D eigenvalue weighted by Crippen LogP contribution is -2.27. The molecule has 0 saturated carbocycles. The Hall–Kier alpha value is -2.25. The fourth-order valence-electron chi connectivity index (χ4n) is 2.56. The fourth-order valence-corrected chi connectivity index (χ4v) is 3.94. The lowest BCUT2D eigenvalue weighted by atomic mass is 9.96. The van der Waals surface area contributed by atoms with Crippen LogP contribution in [0.25, 0.3) is 11.5 Å². The van der Waals surface area contributed by atoms with Crippen molar-refractivity contribution in [1.29, 1.82) is 0 Å². The summed E-state index contributed by atoms with van der Waals surface area (Å²) in [7, 11) is 1.28. The largest absolute Gasteiger partial charge is 0.468 e. The number of benzene rings is 1. The number of aryl methyl sites for hydroxylation is 1. The van der Waals surface area contributed by atoms with Crippen LogP contribution in [0.1, 0.15) is 21.1 Å². The number of carbonyl (C=O) groups excluding carboxylic acids is 2. The van der Waals surface area contributed by atoms with Crippen molar-refractivity contribution >= 4 is 39.0 Å². The zero-order chi connectivity index (χ0) is 18.7. The number of esters is 1. The predicted molar refractivity (Wildman–Crippen MR) is 102 cm³/mol. The number of ether oxygens (including phenoxy) is 1. The first-order valence-corrected chi connectivity index (χ1v) is 9.49. The van der Waals surface area contributed by atoms with Crippen molar-refractivity contribution in [3.8, 4) is 11.5 Å². The van der Waals surface area contributed by atoms with Gasteiger partial charge in [0.1, 0.15) is 11.7 Å². The first-order valence-electron chi connectivity index (χ1n) is 7.88. The Morgan fingerprint density at radius 1 is 1.23 bits per heavy atom. The molecule has 0 aliphatic heterocycles. The van der Waals surface area contributed by atoms with E-state index in [2.05, 4.69) is 20.9 Å². The molecule has 3 rings (SSSR count). The Kier molecular flexibility index (Phi) is 5.68. The standard InChI is InChI=1S/C19H16BrNO4S/c1-11-14(21-18(25-11)12-6-4-3-5-7-12)10-13(19(23)24-2)17(22)15-8-9-16(20)26-15/h3-9,13H,10H2,1-2H3.